The molecule has 2 amide bonds. The van der Waals surface area contributed by atoms with E-state index >= 15 is 0 Å². The fraction of sp³-hybridized carbons (Fsp3) is 0.500. The van der Waals surface area contributed by atoms with Crippen molar-refractivity contribution in [3.63, 3.8) is 0 Å². The summed E-state index contributed by atoms with van der Waals surface area (Å²) in [5, 5.41) is 7.17. The van der Waals surface area contributed by atoms with Gasteiger partial charge >= 0.3 is 0 Å². The van der Waals surface area contributed by atoms with Crippen LogP contribution in [-0.4, -0.2) is 96.7 Å². The van der Waals surface area contributed by atoms with Gasteiger partial charge in [0, 0.05) is 50.9 Å². The van der Waals surface area contributed by atoms with E-state index in [-0.39, 0.29) is 11.8 Å². The number of nitrogens with zero attached hydrogens (tertiary/aromatic N) is 4. The van der Waals surface area contributed by atoms with Crippen LogP contribution in [0.25, 0.3) is 11.3 Å². The molecule has 2 aliphatic rings. The van der Waals surface area contributed by atoms with Gasteiger partial charge in [-0.2, -0.15) is 5.10 Å². The highest BCUT2D eigenvalue weighted by Gasteiger charge is 2.27. The van der Waals surface area contributed by atoms with E-state index in [0.717, 1.165) is 31.5 Å². The molecule has 31 heavy (non-hydrogen) atoms. The van der Waals surface area contributed by atoms with Crippen molar-refractivity contribution in [1.82, 2.24) is 24.9 Å². The SMILES string of the molecule is COc1ccc(-c2cc(C(=O)N3CCN(CC(=O)N4CCCC4)CC3)[nH]n2)c(OC)c1. The lowest BCUT2D eigenvalue weighted by Crippen LogP contribution is -2.51. The van der Waals surface area contributed by atoms with Crippen molar-refractivity contribution in [1.29, 1.82) is 0 Å². The lowest BCUT2D eigenvalue weighted by Gasteiger charge is -2.34. The minimum absolute atomic E-state index is 0.0863. The van der Waals surface area contributed by atoms with E-state index < -0.39 is 0 Å². The molecule has 0 unspecified atom stereocenters. The quantitative estimate of drug-likeness (QED) is 0.751. The molecule has 4 rings (SSSR count). The van der Waals surface area contributed by atoms with Crippen molar-refractivity contribution >= 4 is 11.8 Å². The fourth-order valence-corrected chi connectivity index (χ4v) is 4.12. The fourth-order valence-electron chi connectivity index (χ4n) is 4.12. The number of rotatable bonds is 6. The normalized spacial score (nSPS) is 17.1. The number of piperazine rings is 1. The number of hydrogen-bond acceptors (Lipinski definition) is 6. The molecule has 2 saturated heterocycles. The molecule has 1 N–H and O–H groups in total. The van der Waals surface area contributed by atoms with Gasteiger partial charge in [-0.05, 0) is 31.0 Å². The first kappa shape index (κ1) is 21.2. The molecule has 1 aromatic carbocycles. The molecule has 0 radical (unpaired) electrons. The van der Waals surface area contributed by atoms with Crippen molar-refractivity contribution in [3.05, 3.63) is 30.0 Å². The highest BCUT2D eigenvalue weighted by Crippen LogP contribution is 2.32. The first-order valence-corrected chi connectivity index (χ1v) is 10.7. The Labute approximate surface area is 181 Å². The Kier molecular flexibility index (Phi) is 6.41. The standard InChI is InChI=1S/C22H29N5O4/c1-30-16-5-6-17(20(13-16)31-2)18-14-19(24-23-18)22(29)27-11-9-25(10-12-27)15-21(28)26-7-3-4-8-26/h5-6,13-14H,3-4,7-12,15H2,1-2H3,(H,23,24). The molecule has 2 aliphatic heterocycles. The Morgan fingerprint density at radius 3 is 2.39 bits per heavy atom. The average Bonchev–Trinajstić information content (AvgIpc) is 3.51. The molecular formula is C22H29N5O4. The Hall–Kier alpha value is -3.07. The van der Waals surface area contributed by atoms with E-state index in [1.165, 1.54) is 0 Å². The Balaban J connectivity index is 1.36. The van der Waals surface area contributed by atoms with E-state index in [1.54, 1.807) is 31.3 Å². The third kappa shape index (κ3) is 4.66. The molecule has 2 fully saturated rings. The number of carbonyl (C=O) groups excluding carboxylic acids is 2. The van der Waals surface area contributed by atoms with Crippen LogP contribution in [0, 0.1) is 0 Å². The molecule has 9 nitrogen and oxygen atoms in total. The summed E-state index contributed by atoms with van der Waals surface area (Å²) in [5.41, 5.74) is 1.86. The minimum Gasteiger partial charge on any atom is -0.497 e. The molecule has 3 heterocycles. The van der Waals surface area contributed by atoms with Gasteiger partial charge in [-0.1, -0.05) is 0 Å². The zero-order chi connectivity index (χ0) is 21.8. The predicted octanol–water partition coefficient (Wildman–Crippen LogP) is 1.47. The second-order valence-corrected chi connectivity index (χ2v) is 7.89. The Bertz CT molecular complexity index is 930. The lowest BCUT2D eigenvalue weighted by molar-refractivity contribution is -0.131. The molecule has 0 spiro atoms. The molecular weight excluding hydrogens is 398 g/mol. The number of amides is 2. The van der Waals surface area contributed by atoms with Crippen LogP contribution in [-0.2, 0) is 4.79 Å². The maximum atomic E-state index is 12.9. The molecule has 9 heteroatoms. The number of aromatic amines is 1. The smallest absolute Gasteiger partial charge is 0.271 e. The van der Waals surface area contributed by atoms with E-state index in [9.17, 15) is 9.59 Å². The van der Waals surface area contributed by atoms with Gasteiger partial charge in [-0.15, -0.1) is 0 Å². The Morgan fingerprint density at radius 2 is 1.71 bits per heavy atom. The van der Waals surface area contributed by atoms with Gasteiger partial charge in [0.2, 0.25) is 5.91 Å². The summed E-state index contributed by atoms with van der Waals surface area (Å²) >= 11 is 0. The Morgan fingerprint density at radius 1 is 0.968 bits per heavy atom. The van der Waals surface area contributed by atoms with Gasteiger partial charge in [0.1, 0.15) is 17.2 Å². The molecule has 1 aromatic heterocycles. The van der Waals surface area contributed by atoms with E-state index in [2.05, 4.69) is 15.1 Å². The summed E-state index contributed by atoms with van der Waals surface area (Å²) in [6, 6.07) is 7.22. The summed E-state index contributed by atoms with van der Waals surface area (Å²) in [7, 11) is 3.19. The van der Waals surface area contributed by atoms with Crippen LogP contribution in [0.5, 0.6) is 11.5 Å². The second-order valence-electron chi connectivity index (χ2n) is 7.89. The number of carbonyl (C=O) groups is 2. The van der Waals surface area contributed by atoms with Gasteiger partial charge in [0.05, 0.1) is 26.5 Å². The van der Waals surface area contributed by atoms with Crippen molar-refractivity contribution in [2.75, 3.05) is 60.0 Å². The largest absolute Gasteiger partial charge is 0.497 e. The van der Waals surface area contributed by atoms with Crippen molar-refractivity contribution in [2.24, 2.45) is 0 Å². The van der Waals surface area contributed by atoms with Gasteiger partial charge < -0.3 is 19.3 Å². The lowest BCUT2D eigenvalue weighted by atomic mass is 10.1. The van der Waals surface area contributed by atoms with Gasteiger partial charge in [0.25, 0.3) is 5.91 Å². The number of hydrogen-bond donors (Lipinski definition) is 1. The summed E-state index contributed by atoms with van der Waals surface area (Å²) in [5.74, 6) is 1.43. The number of ether oxygens (including phenoxy) is 2. The van der Waals surface area contributed by atoms with Crippen molar-refractivity contribution < 1.29 is 19.1 Å². The summed E-state index contributed by atoms with van der Waals surface area (Å²) in [4.78, 5) is 31.2. The van der Waals surface area contributed by atoms with E-state index in [4.69, 9.17) is 9.47 Å². The van der Waals surface area contributed by atoms with Crippen molar-refractivity contribution in [3.8, 4) is 22.8 Å². The molecule has 2 aromatic rings. The van der Waals surface area contributed by atoms with Crippen LogP contribution in [0.3, 0.4) is 0 Å². The highest BCUT2D eigenvalue weighted by atomic mass is 16.5. The van der Waals surface area contributed by atoms with E-state index in [0.29, 0.717) is 55.6 Å². The maximum Gasteiger partial charge on any atom is 0.271 e. The first-order valence-electron chi connectivity index (χ1n) is 10.7. The summed E-state index contributed by atoms with van der Waals surface area (Å²) in [6.45, 7) is 4.75. The van der Waals surface area contributed by atoms with E-state index in [1.807, 2.05) is 17.0 Å². The number of likely N-dealkylation sites (tertiary alicyclic amines) is 1. The third-order valence-corrected chi connectivity index (χ3v) is 5.97. The summed E-state index contributed by atoms with van der Waals surface area (Å²) < 4.78 is 10.7. The van der Waals surface area contributed by atoms with Crippen LogP contribution >= 0.6 is 0 Å². The van der Waals surface area contributed by atoms with Crippen LogP contribution in [0.15, 0.2) is 24.3 Å². The molecule has 166 valence electrons. The number of H-pyrrole nitrogens is 1. The molecule has 0 bridgehead atoms. The number of aromatic nitrogens is 2. The van der Waals surface area contributed by atoms with Gasteiger partial charge in [-0.25, -0.2) is 0 Å². The van der Waals surface area contributed by atoms with Gasteiger partial charge in [-0.3, -0.25) is 19.6 Å². The number of benzene rings is 1. The maximum absolute atomic E-state index is 12.9. The van der Waals surface area contributed by atoms with Crippen LogP contribution in [0.2, 0.25) is 0 Å². The predicted molar refractivity (Wildman–Crippen MR) is 115 cm³/mol. The zero-order valence-electron chi connectivity index (χ0n) is 18.1. The first-order chi connectivity index (χ1) is 15.1. The molecule has 0 saturated carbocycles. The monoisotopic (exact) mass is 427 g/mol. The third-order valence-electron chi connectivity index (χ3n) is 5.97. The van der Waals surface area contributed by atoms with Gasteiger partial charge in [0.15, 0.2) is 0 Å². The molecule has 0 aliphatic carbocycles. The number of methoxy groups -OCH3 is 2. The average molecular weight is 428 g/mol. The topological polar surface area (TPSA) is 91.0 Å². The van der Waals surface area contributed by atoms with Crippen LogP contribution < -0.4 is 9.47 Å². The highest BCUT2D eigenvalue weighted by molar-refractivity contribution is 5.93. The number of nitrogens with one attached hydrogen (secondary N) is 1. The zero-order valence-corrected chi connectivity index (χ0v) is 18.1. The minimum atomic E-state index is -0.0863. The van der Waals surface area contributed by atoms with Crippen LogP contribution in [0.1, 0.15) is 23.3 Å². The summed E-state index contributed by atoms with van der Waals surface area (Å²) in [6.07, 6.45) is 2.20. The second kappa shape index (κ2) is 9.38. The van der Waals surface area contributed by atoms with Crippen molar-refractivity contribution in [2.45, 2.75) is 12.8 Å². The van der Waals surface area contributed by atoms with Crippen LogP contribution in [0.4, 0.5) is 0 Å². The molecule has 0 atom stereocenters.